The lowest BCUT2D eigenvalue weighted by atomic mass is 10.1. The van der Waals surface area contributed by atoms with E-state index >= 15 is 0 Å². The van der Waals surface area contributed by atoms with Crippen LogP contribution in [0.15, 0.2) is 61.1 Å². The van der Waals surface area contributed by atoms with E-state index in [4.69, 9.17) is 4.74 Å². The second kappa shape index (κ2) is 8.22. The van der Waals surface area contributed by atoms with Gasteiger partial charge in [0.1, 0.15) is 5.82 Å². The molecule has 0 saturated carbocycles. The summed E-state index contributed by atoms with van der Waals surface area (Å²) in [5.74, 6) is 0.798. The van der Waals surface area contributed by atoms with E-state index in [1.165, 1.54) is 4.31 Å². The summed E-state index contributed by atoms with van der Waals surface area (Å²) in [5, 5.41) is 0. The van der Waals surface area contributed by atoms with Crippen LogP contribution in [0.2, 0.25) is 0 Å². The summed E-state index contributed by atoms with van der Waals surface area (Å²) in [5.41, 5.74) is 2.87. The maximum atomic E-state index is 12.6. The van der Waals surface area contributed by atoms with Gasteiger partial charge in [-0.2, -0.15) is 4.31 Å². The Morgan fingerprint density at radius 2 is 1.68 bits per heavy atom. The van der Waals surface area contributed by atoms with Crippen LogP contribution in [-0.2, 0) is 21.3 Å². The molecule has 0 radical (unpaired) electrons. The number of aryl methyl sites for hydroxylation is 1. The molecule has 3 heterocycles. The number of rotatable bonds is 6. The molecule has 0 bridgehead atoms. The molecule has 3 aromatic rings. The Labute approximate surface area is 164 Å². The largest absolute Gasteiger partial charge is 0.379 e. The third kappa shape index (κ3) is 4.14. The molecule has 2 aromatic heterocycles. The second-order valence-electron chi connectivity index (χ2n) is 6.56. The molecule has 1 aliphatic rings. The summed E-state index contributed by atoms with van der Waals surface area (Å²) < 4.78 is 33.7. The van der Waals surface area contributed by atoms with Crippen molar-refractivity contribution < 1.29 is 13.2 Å². The molecule has 0 atom stereocenters. The number of hydrogen-bond acceptors (Lipinski definition) is 5. The first-order valence-corrected chi connectivity index (χ1v) is 10.8. The number of ether oxygens (including phenoxy) is 1. The highest BCUT2D eigenvalue weighted by molar-refractivity contribution is 7.89. The van der Waals surface area contributed by atoms with Gasteiger partial charge in [0.15, 0.2) is 0 Å². The van der Waals surface area contributed by atoms with Crippen LogP contribution in [0.1, 0.15) is 0 Å². The number of aromatic nitrogens is 3. The number of sulfonamides is 1. The summed E-state index contributed by atoms with van der Waals surface area (Å²) in [7, 11) is -3.30. The maximum Gasteiger partial charge on any atom is 0.216 e. The third-order valence-electron chi connectivity index (χ3n) is 4.77. The fraction of sp³-hybridized carbons (Fsp3) is 0.300. The van der Waals surface area contributed by atoms with Crippen molar-refractivity contribution in [1.29, 1.82) is 0 Å². The average molecular weight is 398 g/mol. The van der Waals surface area contributed by atoms with Crippen molar-refractivity contribution in [3.63, 3.8) is 0 Å². The van der Waals surface area contributed by atoms with Gasteiger partial charge in [0, 0.05) is 49.4 Å². The van der Waals surface area contributed by atoms with Crippen LogP contribution in [-0.4, -0.2) is 59.3 Å². The summed E-state index contributed by atoms with van der Waals surface area (Å²) in [4.78, 5) is 8.78. The zero-order valence-corrected chi connectivity index (χ0v) is 16.3. The maximum absolute atomic E-state index is 12.6. The number of benzene rings is 1. The molecule has 1 aliphatic heterocycles. The zero-order chi connectivity index (χ0) is 19.4. The summed E-state index contributed by atoms with van der Waals surface area (Å²) in [6.45, 7) is 2.12. The van der Waals surface area contributed by atoms with Gasteiger partial charge in [-0.05, 0) is 12.1 Å². The lowest BCUT2D eigenvalue weighted by Crippen LogP contribution is -2.42. The summed E-state index contributed by atoms with van der Waals surface area (Å²) in [6.07, 6.45) is 5.28. The van der Waals surface area contributed by atoms with Gasteiger partial charge in [0.25, 0.3) is 0 Å². The summed E-state index contributed by atoms with van der Waals surface area (Å²) >= 11 is 0. The molecule has 7 nitrogen and oxygen atoms in total. The SMILES string of the molecule is O=S(=O)(CCn1ccnc1-c1ccc(-c2ccccn2)cc1)N1CCOCC1. The van der Waals surface area contributed by atoms with E-state index < -0.39 is 10.0 Å². The standard InChI is InChI=1S/C20H22N4O3S/c25-28(26,24-11-14-27-15-12-24)16-13-23-10-9-22-20(23)18-6-4-17(5-7-18)19-3-1-2-8-21-19/h1-10H,11-16H2. The topological polar surface area (TPSA) is 77.3 Å². The minimum atomic E-state index is -3.30. The smallest absolute Gasteiger partial charge is 0.216 e. The zero-order valence-electron chi connectivity index (χ0n) is 15.4. The Morgan fingerprint density at radius 3 is 2.39 bits per heavy atom. The quantitative estimate of drug-likeness (QED) is 0.637. The van der Waals surface area contributed by atoms with Gasteiger partial charge in [-0.15, -0.1) is 0 Å². The third-order valence-corrected chi connectivity index (χ3v) is 6.62. The number of pyridine rings is 1. The van der Waals surface area contributed by atoms with Crippen molar-refractivity contribution in [3.05, 3.63) is 61.1 Å². The molecule has 1 saturated heterocycles. The first-order valence-electron chi connectivity index (χ1n) is 9.22. The monoisotopic (exact) mass is 398 g/mol. The van der Waals surface area contributed by atoms with Crippen LogP contribution >= 0.6 is 0 Å². The Hall–Kier alpha value is -2.55. The van der Waals surface area contributed by atoms with Crippen molar-refractivity contribution in [3.8, 4) is 22.6 Å². The first-order chi connectivity index (χ1) is 13.6. The normalized spacial score (nSPS) is 15.6. The van der Waals surface area contributed by atoms with Crippen molar-refractivity contribution in [2.24, 2.45) is 0 Å². The van der Waals surface area contributed by atoms with Crippen molar-refractivity contribution in [1.82, 2.24) is 18.8 Å². The fourth-order valence-corrected chi connectivity index (χ4v) is 4.63. The van der Waals surface area contributed by atoms with E-state index in [1.54, 1.807) is 12.4 Å². The molecule has 0 aliphatic carbocycles. The summed E-state index contributed by atoms with van der Waals surface area (Å²) in [6, 6.07) is 13.8. The van der Waals surface area contributed by atoms with Gasteiger partial charge in [-0.3, -0.25) is 4.98 Å². The highest BCUT2D eigenvalue weighted by Crippen LogP contribution is 2.23. The molecule has 0 N–H and O–H groups in total. The Bertz CT molecular complexity index is 1010. The molecule has 4 rings (SSSR count). The molecule has 0 unspecified atom stereocenters. The van der Waals surface area contributed by atoms with E-state index in [9.17, 15) is 8.42 Å². The predicted molar refractivity (Wildman–Crippen MR) is 107 cm³/mol. The molecule has 1 fully saturated rings. The Kier molecular flexibility index (Phi) is 5.52. The first kappa shape index (κ1) is 18.8. The number of morpholine rings is 1. The van der Waals surface area contributed by atoms with E-state index in [0.29, 0.717) is 32.8 Å². The van der Waals surface area contributed by atoms with E-state index in [2.05, 4.69) is 9.97 Å². The van der Waals surface area contributed by atoms with Crippen LogP contribution in [0.4, 0.5) is 0 Å². The van der Waals surface area contributed by atoms with Gasteiger partial charge in [-0.1, -0.05) is 30.3 Å². The number of hydrogen-bond donors (Lipinski definition) is 0. The molecule has 146 valence electrons. The number of nitrogens with zero attached hydrogens (tertiary/aromatic N) is 4. The Morgan fingerprint density at radius 1 is 0.929 bits per heavy atom. The Balaban J connectivity index is 1.48. The minimum absolute atomic E-state index is 0.0440. The van der Waals surface area contributed by atoms with Gasteiger partial charge >= 0.3 is 0 Å². The van der Waals surface area contributed by atoms with Gasteiger partial charge < -0.3 is 9.30 Å². The van der Waals surface area contributed by atoms with Gasteiger partial charge in [0.05, 0.1) is 24.7 Å². The van der Waals surface area contributed by atoms with Crippen molar-refractivity contribution >= 4 is 10.0 Å². The van der Waals surface area contributed by atoms with E-state index in [1.807, 2.05) is 53.2 Å². The minimum Gasteiger partial charge on any atom is -0.379 e. The average Bonchev–Trinajstić information content (AvgIpc) is 3.22. The van der Waals surface area contributed by atoms with Gasteiger partial charge in [-0.25, -0.2) is 13.4 Å². The van der Waals surface area contributed by atoms with Crippen LogP contribution in [0.5, 0.6) is 0 Å². The molecule has 0 amide bonds. The molecule has 0 spiro atoms. The lowest BCUT2D eigenvalue weighted by Gasteiger charge is -2.26. The molecular formula is C20H22N4O3S. The van der Waals surface area contributed by atoms with Crippen molar-refractivity contribution in [2.75, 3.05) is 32.1 Å². The number of imidazole rings is 1. The van der Waals surface area contributed by atoms with Gasteiger partial charge in [0.2, 0.25) is 10.0 Å². The molecule has 1 aromatic carbocycles. The highest BCUT2D eigenvalue weighted by Gasteiger charge is 2.24. The van der Waals surface area contributed by atoms with E-state index in [-0.39, 0.29) is 5.75 Å². The van der Waals surface area contributed by atoms with E-state index in [0.717, 1.165) is 22.6 Å². The highest BCUT2D eigenvalue weighted by atomic mass is 32.2. The van der Waals surface area contributed by atoms with Crippen LogP contribution in [0.25, 0.3) is 22.6 Å². The molecular weight excluding hydrogens is 376 g/mol. The van der Waals surface area contributed by atoms with Crippen LogP contribution in [0, 0.1) is 0 Å². The molecule has 8 heteroatoms. The van der Waals surface area contributed by atoms with Crippen molar-refractivity contribution in [2.45, 2.75) is 6.54 Å². The molecule has 28 heavy (non-hydrogen) atoms. The second-order valence-corrected chi connectivity index (χ2v) is 8.65. The fourth-order valence-electron chi connectivity index (χ4n) is 3.24. The van der Waals surface area contributed by atoms with Crippen LogP contribution in [0.3, 0.4) is 0 Å². The predicted octanol–water partition coefficient (Wildman–Crippen LogP) is 2.27. The van der Waals surface area contributed by atoms with Crippen LogP contribution < -0.4 is 0 Å². The lowest BCUT2D eigenvalue weighted by molar-refractivity contribution is 0.0730.